The molecule has 0 fully saturated rings. The average molecular weight is 422 g/mol. The van der Waals surface area contributed by atoms with E-state index >= 15 is 0 Å². The Labute approximate surface area is 167 Å². The van der Waals surface area contributed by atoms with Crippen molar-refractivity contribution in [1.82, 2.24) is 0 Å². The zero-order valence-corrected chi connectivity index (χ0v) is 15.5. The predicted octanol–water partition coefficient (Wildman–Crippen LogP) is 3.60. The minimum Gasteiger partial charge on any atom is -0.481 e. The average Bonchev–Trinajstić information content (AvgIpc) is 2.61. The summed E-state index contributed by atoms with van der Waals surface area (Å²) in [7, 11) is 0. The van der Waals surface area contributed by atoms with Crippen molar-refractivity contribution < 1.29 is 36.6 Å². The van der Waals surface area contributed by atoms with Gasteiger partial charge in [0.2, 0.25) is 5.11 Å². The van der Waals surface area contributed by atoms with Gasteiger partial charge in [0.1, 0.15) is 0 Å². The molecule has 0 saturated heterocycles. The second-order valence-electron chi connectivity index (χ2n) is 5.14. The number of nitrogens with zero attached hydrogens (tertiary/aromatic N) is 1. The van der Waals surface area contributed by atoms with Crippen LogP contribution in [0.25, 0.3) is 0 Å². The number of hydrogen-bond donors (Lipinski definition) is 2. The summed E-state index contributed by atoms with van der Waals surface area (Å²) in [6.45, 7) is 0. The normalized spacial score (nSPS) is 9.54. The first kappa shape index (κ1) is 21.6. The number of rotatable bonds is 6. The Morgan fingerprint density at radius 3 is 2.15 bits per heavy atom. The Bertz CT molecular complexity index is 728. The van der Waals surface area contributed by atoms with Crippen LogP contribution < -0.4 is 10.4 Å². The second kappa shape index (κ2) is 11.3. The third-order valence-corrected chi connectivity index (χ3v) is 3.43. The number of nitrogens with one attached hydrogen (secondary N) is 1. The molecule has 0 atom stereocenters. The van der Waals surface area contributed by atoms with Gasteiger partial charge in [0.25, 0.3) is 0 Å². The van der Waals surface area contributed by atoms with Crippen LogP contribution in [0.3, 0.4) is 0 Å². The molecule has 2 rings (SSSR count). The third-order valence-electron chi connectivity index (χ3n) is 3.16. The van der Waals surface area contributed by atoms with E-state index in [1.807, 2.05) is 36.4 Å². The first-order valence-electron chi connectivity index (χ1n) is 7.70. The van der Waals surface area contributed by atoms with Crippen molar-refractivity contribution in [2.45, 2.75) is 19.3 Å². The summed E-state index contributed by atoms with van der Waals surface area (Å²) in [5, 5.41) is 13.1. The number of benzene rings is 2. The summed E-state index contributed by atoms with van der Waals surface area (Å²) in [6, 6.07) is 18.2. The zero-order valence-electron chi connectivity index (χ0n) is 13.7. The van der Waals surface area contributed by atoms with Crippen LogP contribution in [0.15, 0.2) is 60.7 Å². The Morgan fingerprint density at radius 1 is 1.00 bits per heavy atom. The molecule has 0 aromatic heterocycles. The van der Waals surface area contributed by atoms with Gasteiger partial charge in [0.05, 0.1) is 5.69 Å². The quantitative estimate of drug-likeness (QED) is 0.419. The fourth-order valence-electron chi connectivity index (χ4n) is 2.00. The number of hydrogen-bond acceptors (Lipinski definition) is 4. The number of hydroxylamine groups is 1. The van der Waals surface area contributed by atoms with E-state index in [0.29, 0.717) is 5.69 Å². The maximum atomic E-state index is 12.0. The maximum Gasteiger partial charge on any atom is 0.333 e. The SMILES string of the molecule is O=C(O)CCCC(=O)ON(C(=S)Nc1ccccc1)c1ccccc1.[Cu]. The molecule has 0 aliphatic heterocycles. The van der Waals surface area contributed by atoms with E-state index in [1.54, 1.807) is 24.3 Å². The number of carboxylic acid groups (broad SMARTS) is 1. The molecule has 0 bridgehead atoms. The predicted molar refractivity (Wildman–Crippen MR) is 99.2 cm³/mol. The fourth-order valence-corrected chi connectivity index (χ4v) is 2.26. The van der Waals surface area contributed by atoms with Crippen molar-refractivity contribution in [3.8, 4) is 0 Å². The minimum absolute atomic E-state index is 0. The molecule has 0 aliphatic carbocycles. The first-order valence-corrected chi connectivity index (χ1v) is 8.11. The van der Waals surface area contributed by atoms with Crippen LogP contribution in [-0.2, 0) is 31.5 Å². The molecule has 0 amide bonds. The van der Waals surface area contributed by atoms with Crippen LogP contribution in [0.1, 0.15) is 19.3 Å². The molecular weight excluding hydrogens is 404 g/mol. The van der Waals surface area contributed by atoms with Crippen molar-refractivity contribution >= 4 is 40.6 Å². The molecule has 26 heavy (non-hydrogen) atoms. The van der Waals surface area contributed by atoms with Gasteiger partial charge in [-0.3, -0.25) is 4.79 Å². The van der Waals surface area contributed by atoms with Gasteiger partial charge in [-0.25, -0.2) is 4.79 Å². The summed E-state index contributed by atoms with van der Waals surface area (Å²) in [4.78, 5) is 27.9. The van der Waals surface area contributed by atoms with E-state index in [-0.39, 0.29) is 41.4 Å². The van der Waals surface area contributed by atoms with E-state index in [1.165, 1.54) is 5.06 Å². The second-order valence-corrected chi connectivity index (χ2v) is 5.52. The summed E-state index contributed by atoms with van der Waals surface area (Å²) in [5.74, 6) is -1.50. The van der Waals surface area contributed by atoms with E-state index in [4.69, 9.17) is 22.2 Å². The van der Waals surface area contributed by atoms with Crippen molar-refractivity contribution in [3.63, 3.8) is 0 Å². The molecule has 0 saturated carbocycles. The molecule has 1 radical (unpaired) electrons. The van der Waals surface area contributed by atoms with Gasteiger partial charge in [-0.1, -0.05) is 36.4 Å². The Balaban J connectivity index is 0.00000338. The zero-order chi connectivity index (χ0) is 18.1. The molecule has 0 aliphatic rings. The van der Waals surface area contributed by atoms with Crippen molar-refractivity contribution in [2.24, 2.45) is 0 Å². The van der Waals surface area contributed by atoms with Gasteiger partial charge >= 0.3 is 11.9 Å². The van der Waals surface area contributed by atoms with Gasteiger partial charge in [0, 0.05) is 35.6 Å². The number of anilines is 2. The first-order chi connectivity index (χ1) is 12.1. The Hall–Kier alpha value is -2.41. The number of carbonyl (C=O) groups excluding carboxylic acids is 1. The largest absolute Gasteiger partial charge is 0.481 e. The number of carbonyl (C=O) groups is 2. The summed E-state index contributed by atoms with van der Waals surface area (Å²) in [6.07, 6.45) is 0.104. The molecule has 6 nitrogen and oxygen atoms in total. The molecule has 2 aromatic carbocycles. The Kier molecular flexibility index (Phi) is 9.36. The van der Waals surface area contributed by atoms with E-state index in [2.05, 4.69) is 5.32 Å². The van der Waals surface area contributed by atoms with Crippen molar-refractivity contribution in [1.29, 1.82) is 0 Å². The Morgan fingerprint density at radius 2 is 1.58 bits per heavy atom. The fraction of sp³-hybridized carbons (Fsp3) is 0.167. The molecule has 0 unspecified atom stereocenters. The summed E-state index contributed by atoms with van der Waals surface area (Å²) < 4.78 is 0. The standard InChI is InChI=1S/C18H18N2O4S.Cu/c21-16(22)12-7-13-17(23)24-20(15-10-5-2-6-11-15)18(25)19-14-8-3-1-4-9-14;/h1-6,8-11H,7,12-13H2,(H,19,25)(H,21,22);. The van der Waals surface area contributed by atoms with Crippen molar-refractivity contribution in [2.75, 3.05) is 10.4 Å². The number of para-hydroxylation sites is 2. The molecule has 0 spiro atoms. The van der Waals surface area contributed by atoms with E-state index in [0.717, 1.165) is 5.69 Å². The number of carboxylic acids is 1. The van der Waals surface area contributed by atoms with E-state index in [9.17, 15) is 9.59 Å². The monoisotopic (exact) mass is 421 g/mol. The van der Waals surface area contributed by atoms with Gasteiger partial charge in [-0.2, -0.15) is 0 Å². The van der Waals surface area contributed by atoms with E-state index < -0.39 is 11.9 Å². The van der Waals surface area contributed by atoms with Crippen LogP contribution in [0.2, 0.25) is 0 Å². The molecule has 0 heterocycles. The number of aliphatic carboxylic acids is 1. The topological polar surface area (TPSA) is 78.9 Å². The molecule has 2 aromatic rings. The van der Waals surface area contributed by atoms with Gasteiger partial charge in [-0.15, -0.1) is 5.06 Å². The molecular formula is C18H18CuN2O4S. The molecule has 141 valence electrons. The van der Waals surface area contributed by atoms with Crippen molar-refractivity contribution in [3.05, 3.63) is 60.7 Å². The smallest absolute Gasteiger partial charge is 0.333 e. The summed E-state index contributed by atoms with van der Waals surface area (Å²) >= 11 is 5.36. The third kappa shape index (κ3) is 7.23. The molecule has 2 N–H and O–H groups in total. The van der Waals surface area contributed by atoms with Crippen LogP contribution in [0.5, 0.6) is 0 Å². The van der Waals surface area contributed by atoms with Crippen LogP contribution in [0.4, 0.5) is 11.4 Å². The number of thiocarbonyl (C=S) groups is 1. The van der Waals surface area contributed by atoms with Crippen LogP contribution in [-0.4, -0.2) is 22.2 Å². The molecule has 8 heteroatoms. The summed E-state index contributed by atoms with van der Waals surface area (Å²) in [5.41, 5.74) is 1.35. The van der Waals surface area contributed by atoms with Crippen LogP contribution in [0, 0.1) is 0 Å². The van der Waals surface area contributed by atoms with Gasteiger partial charge in [0.15, 0.2) is 0 Å². The van der Waals surface area contributed by atoms with Gasteiger partial charge < -0.3 is 15.3 Å². The van der Waals surface area contributed by atoms with Gasteiger partial charge in [-0.05, 0) is 42.9 Å². The van der Waals surface area contributed by atoms with Crippen LogP contribution >= 0.6 is 12.2 Å². The maximum absolute atomic E-state index is 12.0. The minimum atomic E-state index is -0.950.